The van der Waals surface area contributed by atoms with Crippen LogP contribution in [-0.2, 0) is 25.1 Å². The van der Waals surface area contributed by atoms with Crippen LogP contribution in [0.15, 0.2) is 24.3 Å². The van der Waals surface area contributed by atoms with Gasteiger partial charge < -0.3 is 15.5 Å². The molecule has 7 nitrogen and oxygen atoms in total. The Balaban J connectivity index is 1.57. The van der Waals surface area contributed by atoms with Crippen molar-refractivity contribution in [2.24, 2.45) is 17.8 Å². The third-order valence-corrected chi connectivity index (χ3v) is 7.40. The number of carbonyl (C=O) groups excluding carboxylic acids is 4. The summed E-state index contributed by atoms with van der Waals surface area (Å²) in [6, 6.07) is 0.972. The van der Waals surface area contributed by atoms with Gasteiger partial charge in [0.25, 0.3) is 5.91 Å². The lowest BCUT2D eigenvalue weighted by Gasteiger charge is -2.31. The summed E-state index contributed by atoms with van der Waals surface area (Å²) in [6.07, 6.45) is 2.25. The fourth-order valence-electron chi connectivity index (χ4n) is 5.61. The Bertz CT molecular complexity index is 1020. The molecule has 35 heavy (non-hydrogen) atoms. The number of carbonyl (C=O) groups is 4. The van der Waals surface area contributed by atoms with E-state index in [1.54, 1.807) is 0 Å². The molecule has 1 aromatic carbocycles. The Kier molecular flexibility index (Phi) is 7.14. The van der Waals surface area contributed by atoms with Gasteiger partial charge in [0.2, 0.25) is 11.8 Å². The van der Waals surface area contributed by atoms with Crippen LogP contribution in [0.1, 0.15) is 37.7 Å². The summed E-state index contributed by atoms with van der Waals surface area (Å²) < 4.78 is 57.0. The minimum absolute atomic E-state index is 0.0702. The molecule has 1 saturated carbocycles. The quantitative estimate of drug-likeness (QED) is 0.538. The van der Waals surface area contributed by atoms with E-state index in [1.807, 2.05) is 0 Å². The maximum absolute atomic E-state index is 15.1. The SMILES string of the molecule is O=C1NCC[C@@H]1C[C@@H](NC(=O)[C@H]1[C@@H]2CCC[C@@H]2CN1C(=O)C(F)(F)c1cccc(F)c1)C(=O)CF. The first-order valence-corrected chi connectivity index (χ1v) is 11.7. The molecule has 11 heteroatoms. The van der Waals surface area contributed by atoms with E-state index in [-0.39, 0.29) is 24.8 Å². The molecule has 2 N–H and O–H groups in total. The van der Waals surface area contributed by atoms with Crippen molar-refractivity contribution in [3.8, 4) is 0 Å². The molecule has 0 bridgehead atoms. The van der Waals surface area contributed by atoms with Crippen LogP contribution < -0.4 is 10.6 Å². The van der Waals surface area contributed by atoms with Gasteiger partial charge in [-0.1, -0.05) is 18.6 Å². The number of amides is 3. The molecule has 0 aromatic heterocycles. The number of halogens is 4. The van der Waals surface area contributed by atoms with Crippen LogP contribution in [0.3, 0.4) is 0 Å². The number of nitrogens with zero attached hydrogens (tertiary/aromatic N) is 1. The van der Waals surface area contributed by atoms with E-state index in [0.717, 1.165) is 29.5 Å². The molecule has 2 aliphatic heterocycles. The third-order valence-electron chi connectivity index (χ3n) is 7.40. The monoisotopic (exact) mass is 497 g/mol. The molecule has 0 spiro atoms. The van der Waals surface area contributed by atoms with Gasteiger partial charge in [-0.05, 0) is 49.7 Å². The first-order valence-electron chi connectivity index (χ1n) is 11.7. The van der Waals surface area contributed by atoms with Crippen molar-refractivity contribution in [1.82, 2.24) is 15.5 Å². The molecular formula is C24H27F4N3O4. The summed E-state index contributed by atoms with van der Waals surface area (Å²) in [4.78, 5) is 51.3. The molecular weight excluding hydrogens is 470 g/mol. The molecule has 190 valence electrons. The van der Waals surface area contributed by atoms with Crippen molar-refractivity contribution in [3.05, 3.63) is 35.6 Å². The van der Waals surface area contributed by atoms with Gasteiger partial charge in [-0.15, -0.1) is 0 Å². The minimum atomic E-state index is -4.07. The number of likely N-dealkylation sites (tertiary alicyclic amines) is 1. The molecule has 4 rings (SSSR count). The van der Waals surface area contributed by atoms with Crippen LogP contribution in [-0.4, -0.2) is 60.3 Å². The van der Waals surface area contributed by atoms with E-state index >= 15 is 8.78 Å². The van der Waals surface area contributed by atoms with Gasteiger partial charge in [0.05, 0.1) is 6.04 Å². The molecule has 2 saturated heterocycles. The molecule has 2 heterocycles. The second kappa shape index (κ2) is 9.94. The van der Waals surface area contributed by atoms with Crippen molar-refractivity contribution in [3.63, 3.8) is 0 Å². The van der Waals surface area contributed by atoms with Crippen LogP contribution in [0.4, 0.5) is 17.6 Å². The Morgan fingerprint density at radius 2 is 1.97 bits per heavy atom. The van der Waals surface area contributed by atoms with Crippen molar-refractivity contribution in [2.45, 2.75) is 50.1 Å². The zero-order valence-electron chi connectivity index (χ0n) is 18.9. The highest BCUT2D eigenvalue weighted by molar-refractivity contribution is 5.95. The van der Waals surface area contributed by atoms with E-state index in [0.29, 0.717) is 31.9 Å². The standard InChI is InChI=1S/C24H27F4N3O4/c25-11-19(32)18(9-13-7-8-29-21(13)33)30-22(34)20-17-6-1-3-14(17)12-31(20)23(35)24(27,28)15-4-2-5-16(26)10-15/h2,4-5,10,13-14,17-18,20H,1,3,6-9,11-12H2,(H,29,33)(H,30,34)/t13-,14-,17-,18-,20-/m1/s1. The second-order valence-corrected chi connectivity index (χ2v) is 9.52. The Labute approximate surface area is 199 Å². The summed E-state index contributed by atoms with van der Waals surface area (Å²) in [5.74, 6) is -9.84. The van der Waals surface area contributed by atoms with Gasteiger partial charge in [-0.25, -0.2) is 8.78 Å². The number of nitrogens with one attached hydrogen (secondary N) is 2. The molecule has 1 aromatic rings. The predicted octanol–water partition coefficient (Wildman–Crippen LogP) is 2.09. The number of alkyl halides is 3. The highest BCUT2D eigenvalue weighted by Crippen LogP contribution is 2.44. The largest absolute Gasteiger partial charge is 0.356 e. The summed E-state index contributed by atoms with van der Waals surface area (Å²) in [7, 11) is 0. The molecule has 5 atom stereocenters. The number of fused-ring (bicyclic) bond motifs is 1. The van der Waals surface area contributed by atoms with Gasteiger partial charge >= 0.3 is 5.92 Å². The van der Waals surface area contributed by atoms with E-state index in [9.17, 15) is 28.0 Å². The van der Waals surface area contributed by atoms with Crippen molar-refractivity contribution in [1.29, 1.82) is 0 Å². The van der Waals surface area contributed by atoms with Gasteiger partial charge in [0.1, 0.15) is 18.5 Å². The lowest BCUT2D eigenvalue weighted by molar-refractivity contribution is -0.162. The fourth-order valence-corrected chi connectivity index (χ4v) is 5.61. The number of rotatable bonds is 8. The Hall–Kier alpha value is -2.98. The molecule has 3 aliphatic rings. The maximum atomic E-state index is 15.1. The van der Waals surface area contributed by atoms with E-state index in [4.69, 9.17) is 0 Å². The zero-order chi connectivity index (χ0) is 25.3. The van der Waals surface area contributed by atoms with E-state index < -0.39 is 65.5 Å². The van der Waals surface area contributed by atoms with Crippen molar-refractivity contribution >= 4 is 23.5 Å². The van der Waals surface area contributed by atoms with Crippen LogP contribution >= 0.6 is 0 Å². The minimum Gasteiger partial charge on any atom is -0.356 e. The molecule has 0 radical (unpaired) electrons. The maximum Gasteiger partial charge on any atom is 0.350 e. The number of ketones is 1. The number of hydrogen-bond acceptors (Lipinski definition) is 4. The van der Waals surface area contributed by atoms with Crippen LogP contribution in [0.5, 0.6) is 0 Å². The van der Waals surface area contributed by atoms with Crippen LogP contribution in [0, 0.1) is 23.6 Å². The van der Waals surface area contributed by atoms with Crippen LogP contribution in [0.2, 0.25) is 0 Å². The smallest absolute Gasteiger partial charge is 0.350 e. The normalized spacial score (nSPS) is 26.9. The molecule has 3 fully saturated rings. The summed E-state index contributed by atoms with van der Waals surface area (Å²) in [5, 5.41) is 5.06. The Morgan fingerprint density at radius 1 is 1.20 bits per heavy atom. The molecule has 1 aliphatic carbocycles. The average Bonchev–Trinajstić information content (AvgIpc) is 3.53. The Morgan fingerprint density at radius 3 is 2.63 bits per heavy atom. The zero-order valence-corrected chi connectivity index (χ0v) is 18.9. The van der Waals surface area contributed by atoms with Crippen LogP contribution in [0.25, 0.3) is 0 Å². The third kappa shape index (κ3) is 4.90. The van der Waals surface area contributed by atoms with Gasteiger partial charge in [0.15, 0.2) is 5.78 Å². The fraction of sp³-hybridized carbons (Fsp3) is 0.583. The second-order valence-electron chi connectivity index (χ2n) is 9.52. The lowest BCUT2D eigenvalue weighted by atomic mass is 9.92. The average molecular weight is 497 g/mol. The van der Waals surface area contributed by atoms with Crippen molar-refractivity contribution in [2.75, 3.05) is 19.8 Å². The highest BCUT2D eigenvalue weighted by Gasteiger charge is 2.55. The lowest BCUT2D eigenvalue weighted by Crippen LogP contribution is -2.55. The summed E-state index contributed by atoms with van der Waals surface area (Å²) in [5.41, 5.74) is -0.823. The highest BCUT2D eigenvalue weighted by atomic mass is 19.3. The van der Waals surface area contributed by atoms with Gasteiger partial charge in [0, 0.05) is 24.6 Å². The van der Waals surface area contributed by atoms with E-state index in [1.165, 1.54) is 0 Å². The van der Waals surface area contributed by atoms with Crippen molar-refractivity contribution < 1.29 is 36.7 Å². The summed E-state index contributed by atoms with van der Waals surface area (Å²) >= 11 is 0. The number of Topliss-reactive ketones (excluding diaryl/α,β-unsaturated/α-hetero) is 1. The predicted molar refractivity (Wildman–Crippen MR) is 115 cm³/mol. The molecule has 3 amide bonds. The summed E-state index contributed by atoms with van der Waals surface area (Å²) in [6.45, 7) is -1.03. The number of hydrogen-bond donors (Lipinski definition) is 2. The van der Waals surface area contributed by atoms with Gasteiger partial charge in [-0.3, -0.25) is 19.2 Å². The first kappa shape index (κ1) is 25.1. The molecule has 0 unspecified atom stereocenters. The van der Waals surface area contributed by atoms with E-state index in [2.05, 4.69) is 10.6 Å². The number of benzene rings is 1. The first-order chi connectivity index (χ1) is 16.6. The van der Waals surface area contributed by atoms with Gasteiger partial charge in [-0.2, -0.15) is 8.78 Å². The topological polar surface area (TPSA) is 95.6 Å².